The fourth-order valence-corrected chi connectivity index (χ4v) is 1.34. The summed E-state index contributed by atoms with van der Waals surface area (Å²) in [4.78, 5) is 18.1. The van der Waals surface area contributed by atoms with Crippen molar-refractivity contribution in [1.29, 1.82) is 0 Å². The molecule has 92 valence electrons. The van der Waals surface area contributed by atoms with E-state index in [2.05, 4.69) is 0 Å². The molecule has 0 heterocycles. The highest BCUT2D eigenvalue weighted by Crippen LogP contribution is 2.42. The summed E-state index contributed by atoms with van der Waals surface area (Å²) in [5.41, 5.74) is -4.66. The Bertz CT molecular complexity index is 503. The van der Waals surface area contributed by atoms with Crippen LogP contribution in [0.1, 0.15) is 5.56 Å². The lowest BCUT2D eigenvalue weighted by atomic mass is 10.1. The molecule has 0 saturated heterocycles. The van der Waals surface area contributed by atoms with Crippen molar-refractivity contribution in [3.05, 3.63) is 42.9 Å². The van der Waals surface area contributed by atoms with Crippen LogP contribution in [0.15, 0.2) is 12.1 Å². The van der Waals surface area contributed by atoms with Crippen molar-refractivity contribution in [3.63, 3.8) is 0 Å². The van der Waals surface area contributed by atoms with Crippen molar-refractivity contribution in [2.24, 2.45) is 0 Å². The van der Waals surface area contributed by atoms with Gasteiger partial charge in [-0.25, -0.2) is 0 Å². The van der Waals surface area contributed by atoms with Crippen molar-refractivity contribution >= 4 is 23.0 Å². The number of hydrogen-bond acceptors (Lipinski definition) is 4. The van der Waals surface area contributed by atoms with Crippen LogP contribution in [0.3, 0.4) is 0 Å². The Morgan fingerprint density at radius 1 is 1.12 bits per heavy atom. The van der Waals surface area contributed by atoms with E-state index < -0.39 is 38.0 Å². The molecule has 0 bridgehead atoms. The Labute approximate surface area is 95.9 Å². The second-order valence-corrected chi connectivity index (χ2v) is 3.27. The van der Waals surface area contributed by atoms with E-state index in [0.717, 1.165) is 0 Å². The van der Waals surface area contributed by atoms with Crippen LogP contribution in [0.4, 0.5) is 24.5 Å². The second kappa shape index (κ2) is 4.17. The van der Waals surface area contributed by atoms with Crippen molar-refractivity contribution in [2.45, 2.75) is 6.18 Å². The van der Waals surface area contributed by atoms with Gasteiger partial charge >= 0.3 is 17.6 Å². The smallest absolute Gasteiger partial charge is 0.258 e. The van der Waals surface area contributed by atoms with Gasteiger partial charge in [0.2, 0.25) is 0 Å². The highest BCUT2D eigenvalue weighted by atomic mass is 35.5. The van der Waals surface area contributed by atoms with Crippen LogP contribution < -0.4 is 0 Å². The SMILES string of the molecule is O=[N+]([O-])c1cc(Cl)cc(C(F)(F)F)c1[N+](=O)[O-]. The summed E-state index contributed by atoms with van der Waals surface area (Å²) in [6.45, 7) is 0. The molecule has 17 heavy (non-hydrogen) atoms. The summed E-state index contributed by atoms with van der Waals surface area (Å²) in [7, 11) is 0. The second-order valence-electron chi connectivity index (χ2n) is 2.83. The lowest BCUT2D eigenvalue weighted by Gasteiger charge is -2.07. The average molecular weight is 271 g/mol. The molecule has 0 atom stereocenters. The van der Waals surface area contributed by atoms with Crippen molar-refractivity contribution in [2.75, 3.05) is 0 Å². The van der Waals surface area contributed by atoms with Gasteiger partial charge in [-0.1, -0.05) is 11.6 Å². The van der Waals surface area contributed by atoms with Gasteiger partial charge in [0.1, 0.15) is 5.56 Å². The maximum absolute atomic E-state index is 12.4. The Hall–Kier alpha value is -1.90. The number of nitro groups is 2. The average Bonchev–Trinajstić information content (AvgIpc) is 2.14. The first-order chi connectivity index (χ1) is 7.64. The van der Waals surface area contributed by atoms with Crippen LogP contribution in [0.25, 0.3) is 0 Å². The molecule has 0 aromatic heterocycles. The minimum Gasteiger partial charge on any atom is -0.258 e. The number of halogens is 4. The number of rotatable bonds is 2. The fourth-order valence-electron chi connectivity index (χ4n) is 1.13. The number of alkyl halides is 3. The Morgan fingerprint density at radius 2 is 1.65 bits per heavy atom. The molecule has 0 aliphatic carbocycles. The summed E-state index contributed by atoms with van der Waals surface area (Å²) in [5.74, 6) is 0. The van der Waals surface area contributed by atoms with Crippen LogP contribution in [-0.2, 0) is 6.18 Å². The van der Waals surface area contributed by atoms with Crippen molar-refractivity contribution in [3.8, 4) is 0 Å². The van der Waals surface area contributed by atoms with Crippen molar-refractivity contribution in [1.82, 2.24) is 0 Å². The number of hydrogen-bond donors (Lipinski definition) is 0. The Kier molecular flexibility index (Phi) is 3.23. The van der Waals surface area contributed by atoms with Crippen LogP contribution in [0, 0.1) is 20.2 Å². The van der Waals surface area contributed by atoms with E-state index in [0.29, 0.717) is 6.07 Å². The zero-order valence-electron chi connectivity index (χ0n) is 7.69. The van der Waals surface area contributed by atoms with Crippen LogP contribution in [0.2, 0.25) is 5.02 Å². The van der Waals surface area contributed by atoms with Gasteiger partial charge in [-0.05, 0) is 6.07 Å². The minimum absolute atomic E-state index is 0.271. The molecule has 1 aromatic carbocycles. The number of benzene rings is 1. The highest BCUT2D eigenvalue weighted by molar-refractivity contribution is 6.31. The highest BCUT2D eigenvalue weighted by Gasteiger charge is 2.43. The molecule has 0 unspecified atom stereocenters. The molecule has 6 nitrogen and oxygen atoms in total. The van der Waals surface area contributed by atoms with Gasteiger partial charge in [0.15, 0.2) is 0 Å². The quantitative estimate of drug-likeness (QED) is 0.610. The lowest BCUT2D eigenvalue weighted by molar-refractivity contribution is -0.424. The molecular weight excluding hydrogens is 269 g/mol. The number of nitrogens with zero attached hydrogens (tertiary/aromatic N) is 2. The maximum Gasteiger partial charge on any atom is 0.423 e. The third kappa shape index (κ3) is 2.61. The molecule has 0 spiro atoms. The largest absolute Gasteiger partial charge is 0.423 e. The van der Waals surface area contributed by atoms with Gasteiger partial charge in [-0.3, -0.25) is 20.2 Å². The molecule has 1 aromatic rings. The van der Waals surface area contributed by atoms with Crippen molar-refractivity contribution < 1.29 is 23.0 Å². The maximum atomic E-state index is 12.4. The molecule has 0 fully saturated rings. The van der Waals surface area contributed by atoms with Gasteiger partial charge in [-0.2, -0.15) is 13.2 Å². The van der Waals surface area contributed by atoms with E-state index in [1.165, 1.54) is 0 Å². The first kappa shape index (κ1) is 13.2. The first-order valence-corrected chi connectivity index (χ1v) is 4.22. The van der Waals surface area contributed by atoms with E-state index in [1.54, 1.807) is 0 Å². The van der Waals surface area contributed by atoms with Crippen LogP contribution in [0.5, 0.6) is 0 Å². The molecule has 1 rings (SSSR count). The third-order valence-corrected chi connectivity index (χ3v) is 1.96. The van der Waals surface area contributed by atoms with Gasteiger partial charge < -0.3 is 0 Å². The standard InChI is InChI=1S/C7H2ClF3N2O4/c8-3-1-4(7(9,10)11)6(13(16)17)5(2-3)12(14)15/h1-2H. The molecule has 0 N–H and O–H groups in total. The van der Waals surface area contributed by atoms with Crippen LogP contribution in [-0.4, -0.2) is 9.85 Å². The summed E-state index contributed by atoms with van der Waals surface area (Å²) < 4.78 is 37.3. The summed E-state index contributed by atoms with van der Waals surface area (Å²) in [5, 5.41) is 20.3. The predicted molar refractivity (Wildman–Crippen MR) is 49.8 cm³/mol. The number of nitro benzene ring substituents is 2. The fraction of sp³-hybridized carbons (Fsp3) is 0.143. The van der Waals surface area contributed by atoms with E-state index in [-0.39, 0.29) is 6.07 Å². The molecule has 0 saturated carbocycles. The predicted octanol–water partition coefficient (Wildman–Crippen LogP) is 3.18. The molecule has 0 radical (unpaired) electrons. The Balaban J connectivity index is 3.70. The topological polar surface area (TPSA) is 86.3 Å². The Morgan fingerprint density at radius 3 is 2.00 bits per heavy atom. The van der Waals surface area contributed by atoms with E-state index >= 15 is 0 Å². The van der Waals surface area contributed by atoms with E-state index in [1.807, 2.05) is 0 Å². The van der Waals surface area contributed by atoms with Gasteiger partial charge in [0.05, 0.1) is 9.85 Å². The van der Waals surface area contributed by atoms with Gasteiger partial charge in [-0.15, -0.1) is 0 Å². The minimum atomic E-state index is -5.10. The van der Waals surface area contributed by atoms with Gasteiger partial charge in [0.25, 0.3) is 0 Å². The molecule has 0 aliphatic rings. The van der Waals surface area contributed by atoms with Gasteiger partial charge in [0, 0.05) is 11.1 Å². The van der Waals surface area contributed by atoms with Crippen LogP contribution >= 0.6 is 11.6 Å². The normalized spacial score (nSPS) is 11.3. The van der Waals surface area contributed by atoms with E-state index in [4.69, 9.17) is 11.6 Å². The summed E-state index contributed by atoms with van der Waals surface area (Å²) in [6, 6.07) is 0.765. The summed E-state index contributed by atoms with van der Waals surface area (Å²) in [6.07, 6.45) is -5.10. The molecule has 10 heteroatoms. The molecule has 0 aliphatic heterocycles. The lowest BCUT2D eigenvalue weighted by Crippen LogP contribution is -2.10. The molecule has 0 amide bonds. The molecular formula is C7H2ClF3N2O4. The monoisotopic (exact) mass is 270 g/mol. The summed E-state index contributed by atoms with van der Waals surface area (Å²) >= 11 is 5.25. The third-order valence-electron chi connectivity index (χ3n) is 1.74. The van der Waals surface area contributed by atoms with E-state index in [9.17, 15) is 33.4 Å². The zero-order valence-corrected chi connectivity index (χ0v) is 8.45. The first-order valence-electron chi connectivity index (χ1n) is 3.84. The zero-order chi connectivity index (χ0) is 13.4.